The summed E-state index contributed by atoms with van der Waals surface area (Å²) in [6, 6.07) is 2.84. The summed E-state index contributed by atoms with van der Waals surface area (Å²) in [5.74, 6) is 1.87. The van der Waals surface area contributed by atoms with Crippen LogP contribution in [0.4, 0.5) is 10.1 Å². The Balaban J connectivity index is 1.82. The lowest BCUT2D eigenvalue weighted by molar-refractivity contribution is 0.208. The zero-order chi connectivity index (χ0) is 17.9. The topological polar surface area (TPSA) is 15.6 Å². The second kappa shape index (κ2) is 5.70. The zero-order valence-electron chi connectivity index (χ0n) is 15.1. The van der Waals surface area contributed by atoms with Gasteiger partial charge in [0, 0.05) is 28.8 Å². The van der Waals surface area contributed by atoms with Crippen LogP contribution in [0.3, 0.4) is 0 Å². The number of hydrogen-bond acceptors (Lipinski definition) is 2. The summed E-state index contributed by atoms with van der Waals surface area (Å²) >= 11 is 6.29. The summed E-state index contributed by atoms with van der Waals surface area (Å²) in [6.07, 6.45) is 6.75. The number of fused-ring (bicyclic) bond motifs is 1. The SMILES string of the molecule is C=C1c2cc(F)cc(Cl)c2N=C(CC2CC2)N1C1=CCC1(C)C(C)C. The molecule has 0 radical (unpaired) electrons. The molecule has 3 aliphatic rings. The van der Waals surface area contributed by atoms with Gasteiger partial charge in [0.15, 0.2) is 0 Å². The average Bonchev–Trinajstić information content (AvgIpc) is 3.34. The summed E-state index contributed by atoms with van der Waals surface area (Å²) in [5.41, 5.74) is 3.49. The van der Waals surface area contributed by atoms with Crippen molar-refractivity contribution in [1.82, 2.24) is 4.90 Å². The minimum Gasteiger partial charge on any atom is -0.302 e. The van der Waals surface area contributed by atoms with Crippen LogP contribution in [0, 0.1) is 23.1 Å². The molecule has 0 spiro atoms. The molecule has 1 unspecified atom stereocenters. The number of hydrogen-bond donors (Lipinski definition) is 0. The molecule has 2 aliphatic carbocycles. The van der Waals surface area contributed by atoms with E-state index in [-0.39, 0.29) is 11.2 Å². The summed E-state index contributed by atoms with van der Waals surface area (Å²) in [7, 11) is 0. The van der Waals surface area contributed by atoms with E-state index in [2.05, 4.69) is 38.3 Å². The molecule has 1 fully saturated rings. The van der Waals surface area contributed by atoms with Crippen molar-refractivity contribution in [2.24, 2.45) is 22.2 Å². The van der Waals surface area contributed by atoms with E-state index in [0.717, 1.165) is 24.4 Å². The molecule has 1 aromatic carbocycles. The van der Waals surface area contributed by atoms with E-state index in [0.29, 0.717) is 28.1 Å². The van der Waals surface area contributed by atoms with Gasteiger partial charge in [-0.25, -0.2) is 9.38 Å². The Kier molecular flexibility index (Phi) is 3.84. The largest absolute Gasteiger partial charge is 0.302 e. The Morgan fingerprint density at radius 2 is 2.12 bits per heavy atom. The summed E-state index contributed by atoms with van der Waals surface area (Å²) in [4.78, 5) is 7.05. The minimum atomic E-state index is -0.347. The van der Waals surface area contributed by atoms with Gasteiger partial charge in [-0.1, -0.05) is 45.0 Å². The Morgan fingerprint density at radius 1 is 1.40 bits per heavy atom. The molecule has 1 heterocycles. The van der Waals surface area contributed by atoms with Crippen molar-refractivity contribution in [1.29, 1.82) is 0 Å². The normalized spacial score (nSPS) is 25.5. The maximum atomic E-state index is 13.9. The number of nitrogens with zero attached hydrogens (tertiary/aromatic N) is 2. The molecule has 0 amide bonds. The van der Waals surface area contributed by atoms with Crippen LogP contribution in [-0.2, 0) is 0 Å². The van der Waals surface area contributed by atoms with E-state index >= 15 is 0 Å². The van der Waals surface area contributed by atoms with Gasteiger partial charge in [0.05, 0.1) is 10.7 Å². The molecular formula is C21H24ClFN2. The van der Waals surface area contributed by atoms with Gasteiger partial charge in [0.1, 0.15) is 11.7 Å². The summed E-state index contributed by atoms with van der Waals surface area (Å²) in [5, 5.41) is 0.360. The number of halogens is 2. The fourth-order valence-electron chi connectivity index (χ4n) is 3.75. The molecule has 0 N–H and O–H groups in total. The first kappa shape index (κ1) is 16.8. The quantitative estimate of drug-likeness (QED) is 0.596. The number of rotatable bonds is 4. The van der Waals surface area contributed by atoms with Gasteiger partial charge < -0.3 is 4.90 Å². The van der Waals surface area contributed by atoms with Gasteiger partial charge in [-0.05, 0) is 43.2 Å². The van der Waals surface area contributed by atoms with E-state index in [1.54, 1.807) is 0 Å². The van der Waals surface area contributed by atoms with E-state index in [1.165, 1.54) is 30.7 Å². The summed E-state index contributed by atoms with van der Waals surface area (Å²) in [6.45, 7) is 11.1. The van der Waals surface area contributed by atoms with Crippen LogP contribution in [0.1, 0.15) is 52.0 Å². The fraction of sp³-hybridized carbons (Fsp3) is 0.476. The molecule has 4 heteroatoms. The number of allylic oxidation sites excluding steroid dienone is 2. The molecule has 1 aromatic rings. The highest BCUT2D eigenvalue weighted by atomic mass is 35.5. The zero-order valence-corrected chi connectivity index (χ0v) is 15.8. The first-order valence-corrected chi connectivity index (χ1v) is 9.45. The predicted octanol–water partition coefficient (Wildman–Crippen LogP) is 6.55. The lowest BCUT2D eigenvalue weighted by Crippen LogP contribution is -2.44. The van der Waals surface area contributed by atoms with E-state index in [1.807, 2.05) is 0 Å². The molecule has 25 heavy (non-hydrogen) atoms. The van der Waals surface area contributed by atoms with Crippen molar-refractivity contribution < 1.29 is 4.39 Å². The molecule has 132 valence electrons. The molecule has 1 aliphatic heterocycles. The van der Waals surface area contributed by atoms with Gasteiger partial charge in [0.25, 0.3) is 0 Å². The number of aliphatic imine (C=N–C) groups is 1. The minimum absolute atomic E-state index is 0.0991. The summed E-state index contributed by atoms with van der Waals surface area (Å²) < 4.78 is 13.9. The highest BCUT2D eigenvalue weighted by Gasteiger charge is 2.44. The monoisotopic (exact) mass is 358 g/mol. The van der Waals surface area contributed by atoms with Gasteiger partial charge in [-0.3, -0.25) is 0 Å². The van der Waals surface area contributed by atoms with Gasteiger partial charge in [0.2, 0.25) is 0 Å². The molecule has 1 saturated carbocycles. The first-order valence-electron chi connectivity index (χ1n) is 9.08. The lowest BCUT2D eigenvalue weighted by Gasteiger charge is -2.49. The maximum absolute atomic E-state index is 13.9. The van der Waals surface area contributed by atoms with E-state index in [9.17, 15) is 4.39 Å². The molecule has 0 aromatic heterocycles. The number of amidine groups is 1. The van der Waals surface area contributed by atoms with Crippen LogP contribution in [-0.4, -0.2) is 10.7 Å². The third kappa shape index (κ3) is 2.64. The Bertz CT molecular complexity index is 819. The van der Waals surface area contributed by atoms with Gasteiger partial charge in [-0.15, -0.1) is 0 Å². The van der Waals surface area contributed by atoms with Gasteiger partial charge in [-0.2, -0.15) is 0 Å². The van der Waals surface area contributed by atoms with Crippen LogP contribution in [0.5, 0.6) is 0 Å². The van der Waals surface area contributed by atoms with Crippen LogP contribution in [0.25, 0.3) is 5.70 Å². The average molecular weight is 359 g/mol. The van der Waals surface area contributed by atoms with Crippen molar-refractivity contribution >= 4 is 28.8 Å². The van der Waals surface area contributed by atoms with Crippen molar-refractivity contribution in [3.8, 4) is 0 Å². The van der Waals surface area contributed by atoms with Crippen LogP contribution < -0.4 is 0 Å². The third-order valence-corrected chi connectivity index (χ3v) is 6.38. The Morgan fingerprint density at radius 3 is 2.68 bits per heavy atom. The number of benzene rings is 1. The molecular weight excluding hydrogens is 335 g/mol. The van der Waals surface area contributed by atoms with Crippen molar-refractivity contribution in [3.05, 3.63) is 46.9 Å². The van der Waals surface area contributed by atoms with Crippen LogP contribution in [0.15, 0.2) is 35.5 Å². The third-order valence-electron chi connectivity index (χ3n) is 6.10. The standard InChI is InChI=1S/C21H24ClFN2/c1-12(2)21(4)8-7-18(21)25-13(3)16-10-15(23)11-17(22)20(16)24-19(25)9-14-5-6-14/h7,10-12,14H,3,5-6,8-9H2,1-2,4H3. The first-order chi connectivity index (χ1) is 11.8. The lowest BCUT2D eigenvalue weighted by atomic mass is 9.66. The fourth-order valence-corrected chi connectivity index (χ4v) is 4.00. The molecule has 0 bridgehead atoms. The molecule has 0 saturated heterocycles. The van der Waals surface area contributed by atoms with E-state index < -0.39 is 0 Å². The van der Waals surface area contributed by atoms with Crippen molar-refractivity contribution in [2.45, 2.75) is 46.5 Å². The van der Waals surface area contributed by atoms with Crippen molar-refractivity contribution in [2.75, 3.05) is 0 Å². The molecule has 1 atom stereocenters. The highest BCUT2D eigenvalue weighted by molar-refractivity contribution is 6.33. The Labute approximate surface area is 154 Å². The van der Waals surface area contributed by atoms with Crippen molar-refractivity contribution in [3.63, 3.8) is 0 Å². The van der Waals surface area contributed by atoms with E-state index in [4.69, 9.17) is 16.6 Å². The van der Waals surface area contributed by atoms with Gasteiger partial charge >= 0.3 is 0 Å². The smallest absolute Gasteiger partial charge is 0.125 e. The second-order valence-electron chi connectivity index (χ2n) is 8.11. The molecule has 2 nitrogen and oxygen atoms in total. The van der Waals surface area contributed by atoms with Crippen LogP contribution >= 0.6 is 11.6 Å². The second-order valence-corrected chi connectivity index (χ2v) is 8.51. The maximum Gasteiger partial charge on any atom is 0.125 e. The Hall–Kier alpha value is -1.61. The highest BCUT2D eigenvalue weighted by Crippen LogP contribution is 2.53. The van der Waals surface area contributed by atoms with Crippen LogP contribution in [0.2, 0.25) is 5.02 Å². The molecule has 4 rings (SSSR count). The predicted molar refractivity (Wildman–Crippen MR) is 102 cm³/mol.